The maximum atomic E-state index is 11.7. The molecule has 1 aromatic heterocycles. The van der Waals surface area contributed by atoms with E-state index in [1.165, 1.54) is 6.26 Å². The molecule has 0 aromatic carbocycles. The molecule has 0 unspecified atom stereocenters. The first kappa shape index (κ1) is 14.3. The molecule has 5 heteroatoms. The van der Waals surface area contributed by atoms with Crippen molar-refractivity contribution in [1.29, 1.82) is 0 Å². The Morgan fingerprint density at radius 2 is 2.17 bits per heavy atom. The van der Waals surface area contributed by atoms with Gasteiger partial charge in [0.05, 0.1) is 12.1 Å². The number of rotatable bonds is 6. The summed E-state index contributed by atoms with van der Waals surface area (Å²) in [7, 11) is 0. The van der Waals surface area contributed by atoms with Gasteiger partial charge in [0, 0.05) is 12.6 Å². The Balaban J connectivity index is 2.35. The molecule has 1 amide bonds. The highest BCUT2D eigenvalue weighted by Gasteiger charge is 2.09. The van der Waals surface area contributed by atoms with Crippen molar-refractivity contribution < 1.29 is 9.21 Å². The van der Waals surface area contributed by atoms with Crippen LogP contribution < -0.4 is 16.8 Å². The standard InChI is InChI=1S/C13H19N3O2/c14-6-2-1-3-8-16-13(17)12-9-11(10-18-12)5-4-7-15/h9-10H,1-3,6-8,14-15H2,(H,16,17). The molecule has 1 aromatic rings. The molecule has 0 atom stereocenters. The Bertz CT molecular complexity index is 429. The van der Waals surface area contributed by atoms with Crippen molar-refractivity contribution in [3.05, 3.63) is 23.7 Å². The first-order valence-corrected chi connectivity index (χ1v) is 6.03. The number of nitrogens with two attached hydrogens (primary N) is 2. The normalized spacial score (nSPS) is 9.67. The van der Waals surface area contributed by atoms with E-state index in [-0.39, 0.29) is 18.2 Å². The van der Waals surface area contributed by atoms with Crippen molar-refractivity contribution >= 4 is 5.91 Å². The van der Waals surface area contributed by atoms with Gasteiger partial charge in [0.15, 0.2) is 5.76 Å². The topological polar surface area (TPSA) is 94.3 Å². The molecule has 1 rings (SSSR count). The van der Waals surface area contributed by atoms with Crippen LogP contribution in [-0.4, -0.2) is 25.5 Å². The minimum absolute atomic E-state index is 0.219. The summed E-state index contributed by atoms with van der Waals surface area (Å²) in [6.07, 6.45) is 4.37. The Morgan fingerprint density at radius 3 is 2.89 bits per heavy atom. The summed E-state index contributed by atoms with van der Waals surface area (Å²) in [5.41, 5.74) is 11.3. The molecule has 18 heavy (non-hydrogen) atoms. The van der Waals surface area contributed by atoms with Crippen LogP contribution in [0.5, 0.6) is 0 Å². The van der Waals surface area contributed by atoms with Gasteiger partial charge in [-0.05, 0) is 19.4 Å². The van der Waals surface area contributed by atoms with Gasteiger partial charge in [-0.1, -0.05) is 18.3 Å². The molecule has 98 valence electrons. The summed E-state index contributed by atoms with van der Waals surface area (Å²) in [4.78, 5) is 11.7. The van der Waals surface area contributed by atoms with Crippen LogP contribution in [0.3, 0.4) is 0 Å². The molecule has 5 N–H and O–H groups in total. The van der Waals surface area contributed by atoms with Gasteiger partial charge in [-0.3, -0.25) is 4.79 Å². The SMILES string of the molecule is NCC#Cc1coc(C(=O)NCCCCCN)c1. The molecule has 1 heterocycles. The van der Waals surface area contributed by atoms with Crippen LogP contribution in [0.1, 0.15) is 35.4 Å². The van der Waals surface area contributed by atoms with E-state index >= 15 is 0 Å². The van der Waals surface area contributed by atoms with E-state index in [0.717, 1.165) is 19.3 Å². The Kier molecular flexibility index (Phi) is 6.62. The number of nitrogens with one attached hydrogen (secondary N) is 1. The summed E-state index contributed by atoms with van der Waals surface area (Å²) < 4.78 is 5.13. The fourth-order valence-electron chi connectivity index (χ4n) is 1.41. The molecule has 0 aliphatic rings. The molecule has 0 bridgehead atoms. The first-order chi connectivity index (χ1) is 8.77. The van der Waals surface area contributed by atoms with Crippen molar-refractivity contribution in [2.75, 3.05) is 19.6 Å². The lowest BCUT2D eigenvalue weighted by molar-refractivity contribution is 0.0925. The lowest BCUT2D eigenvalue weighted by atomic mass is 10.2. The summed E-state index contributed by atoms with van der Waals surface area (Å²) in [6.45, 7) is 1.60. The second-order valence-electron chi connectivity index (χ2n) is 3.81. The zero-order valence-corrected chi connectivity index (χ0v) is 10.4. The van der Waals surface area contributed by atoms with Gasteiger partial charge in [-0.15, -0.1) is 0 Å². The van der Waals surface area contributed by atoms with Crippen LogP contribution >= 0.6 is 0 Å². The molecule has 0 fully saturated rings. The molecule has 0 aliphatic heterocycles. The predicted molar refractivity (Wildman–Crippen MR) is 69.9 cm³/mol. The van der Waals surface area contributed by atoms with E-state index in [0.29, 0.717) is 18.7 Å². The van der Waals surface area contributed by atoms with Gasteiger partial charge in [-0.2, -0.15) is 0 Å². The van der Waals surface area contributed by atoms with Crippen molar-refractivity contribution in [2.24, 2.45) is 11.5 Å². The molecule has 0 spiro atoms. The number of hydrogen-bond donors (Lipinski definition) is 3. The fourth-order valence-corrected chi connectivity index (χ4v) is 1.41. The van der Waals surface area contributed by atoms with Crippen molar-refractivity contribution in [3.8, 4) is 11.8 Å². The van der Waals surface area contributed by atoms with Gasteiger partial charge in [0.2, 0.25) is 0 Å². The number of hydrogen-bond acceptors (Lipinski definition) is 4. The van der Waals surface area contributed by atoms with Gasteiger partial charge >= 0.3 is 0 Å². The quantitative estimate of drug-likeness (QED) is 0.504. The van der Waals surface area contributed by atoms with Crippen LogP contribution in [0.25, 0.3) is 0 Å². The van der Waals surface area contributed by atoms with Gasteiger partial charge < -0.3 is 21.2 Å². The number of unbranched alkanes of at least 4 members (excludes halogenated alkanes) is 2. The lowest BCUT2D eigenvalue weighted by Gasteiger charge is -2.01. The predicted octanol–water partition coefficient (Wildman–Crippen LogP) is 0.449. The number of carbonyl (C=O) groups excluding carboxylic acids is 1. The van der Waals surface area contributed by atoms with E-state index in [2.05, 4.69) is 17.2 Å². The third kappa shape index (κ3) is 5.04. The van der Waals surface area contributed by atoms with Crippen LogP contribution in [0.2, 0.25) is 0 Å². The monoisotopic (exact) mass is 249 g/mol. The molecule has 0 saturated heterocycles. The first-order valence-electron chi connectivity index (χ1n) is 6.03. The van der Waals surface area contributed by atoms with Crippen molar-refractivity contribution in [2.45, 2.75) is 19.3 Å². The largest absolute Gasteiger partial charge is 0.458 e. The Labute approximate surface area is 107 Å². The molecule has 5 nitrogen and oxygen atoms in total. The van der Waals surface area contributed by atoms with Crippen LogP contribution in [0, 0.1) is 11.8 Å². The van der Waals surface area contributed by atoms with Crippen molar-refractivity contribution in [1.82, 2.24) is 5.32 Å². The van der Waals surface area contributed by atoms with E-state index in [4.69, 9.17) is 15.9 Å². The minimum Gasteiger partial charge on any atom is -0.458 e. The smallest absolute Gasteiger partial charge is 0.287 e. The highest BCUT2D eigenvalue weighted by molar-refractivity contribution is 5.91. The highest BCUT2D eigenvalue weighted by atomic mass is 16.3. The zero-order valence-electron chi connectivity index (χ0n) is 10.4. The molecule has 0 radical (unpaired) electrons. The lowest BCUT2D eigenvalue weighted by Crippen LogP contribution is -2.24. The van der Waals surface area contributed by atoms with Gasteiger partial charge in [-0.25, -0.2) is 0 Å². The number of carbonyl (C=O) groups is 1. The molecular formula is C13H19N3O2. The summed E-state index contributed by atoms with van der Waals surface area (Å²) in [5.74, 6) is 5.55. The van der Waals surface area contributed by atoms with Crippen LogP contribution in [0.4, 0.5) is 0 Å². The highest BCUT2D eigenvalue weighted by Crippen LogP contribution is 2.06. The number of amides is 1. The van der Waals surface area contributed by atoms with Gasteiger partial charge in [0.1, 0.15) is 6.26 Å². The average Bonchev–Trinajstić information content (AvgIpc) is 2.84. The summed E-state index contributed by atoms with van der Waals surface area (Å²) in [5, 5.41) is 2.78. The fraction of sp³-hybridized carbons (Fsp3) is 0.462. The number of furan rings is 1. The van der Waals surface area contributed by atoms with E-state index in [9.17, 15) is 4.79 Å². The van der Waals surface area contributed by atoms with Crippen molar-refractivity contribution in [3.63, 3.8) is 0 Å². The minimum atomic E-state index is -0.219. The molecule has 0 aliphatic carbocycles. The van der Waals surface area contributed by atoms with E-state index in [1.54, 1.807) is 6.07 Å². The molecular weight excluding hydrogens is 230 g/mol. The average molecular weight is 249 g/mol. The third-order valence-electron chi connectivity index (χ3n) is 2.32. The maximum Gasteiger partial charge on any atom is 0.287 e. The van der Waals surface area contributed by atoms with Crippen LogP contribution in [0.15, 0.2) is 16.7 Å². The van der Waals surface area contributed by atoms with E-state index in [1.807, 2.05) is 0 Å². The summed E-state index contributed by atoms with van der Waals surface area (Å²) >= 11 is 0. The Morgan fingerprint density at radius 1 is 1.33 bits per heavy atom. The summed E-state index contributed by atoms with van der Waals surface area (Å²) in [6, 6.07) is 1.61. The third-order valence-corrected chi connectivity index (χ3v) is 2.32. The van der Waals surface area contributed by atoms with Crippen LogP contribution in [-0.2, 0) is 0 Å². The Hall–Kier alpha value is -1.77. The van der Waals surface area contributed by atoms with Gasteiger partial charge in [0.25, 0.3) is 5.91 Å². The molecule has 0 saturated carbocycles. The second-order valence-corrected chi connectivity index (χ2v) is 3.81. The van der Waals surface area contributed by atoms with E-state index < -0.39 is 0 Å². The second kappa shape index (κ2) is 8.34. The zero-order chi connectivity index (χ0) is 13.2. The maximum absolute atomic E-state index is 11.7.